The van der Waals surface area contributed by atoms with E-state index in [1.165, 1.54) is 0 Å². The minimum Gasteiger partial charge on any atom is -0.396 e. The van der Waals surface area contributed by atoms with Crippen molar-refractivity contribution in [1.82, 2.24) is 14.9 Å². The SMILES string of the molecule is O=C(c1ccc(Cl)cc1)N1CCCN(c2cc(N3CCCC(CO)C3)ncn2)CC1. The molecule has 1 atom stereocenters. The Morgan fingerprint density at radius 2 is 1.73 bits per heavy atom. The summed E-state index contributed by atoms with van der Waals surface area (Å²) in [6.07, 6.45) is 4.63. The maximum Gasteiger partial charge on any atom is 0.253 e. The van der Waals surface area contributed by atoms with E-state index in [2.05, 4.69) is 19.8 Å². The van der Waals surface area contributed by atoms with Crippen molar-refractivity contribution < 1.29 is 9.90 Å². The Morgan fingerprint density at radius 1 is 1.00 bits per heavy atom. The number of aliphatic hydroxyl groups is 1. The lowest BCUT2D eigenvalue weighted by molar-refractivity contribution is 0.0767. The summed E-state index contributed by atoms with van der Waals surface area (Å²) in [5.41, 5.74) is 0.667. The van der Waals surface area contributed by atoms with E-state index in [9.17, 15) is 9.90 Å². The molecule has 1 aromatic heterocycles. The van der Waals surface area contributed by atoms with Gasteiger partial charge in [-0.15, -0.1) is 0 Å². The standard InChI is InChI=1S/C22H28ClN5O2/c23-19-6-4-18(5-7-19)22(30)27-10-2-9-26(11-12-27)20-13-21(25-16-24-20)28-8-1-3-17(14-28)15-29/h4-7,13,16-17,29H,1-3,8-12,14-15H2. The number of carbonyl (C=O) groups excluding carboxylic acids is 1. The maximum absolute atomic E-state index is 12.8. The van der Waals surface area contributed by atoms with Gasteiger partial charge in [0, 0.05) is 62.5 Å². The fourth-order valence-corrected chi connectivity index (χ4v) is 4.36. The molecule has 2 aromatic rings. The van der Waals surface area contributed by atoms with E-state index in [-0.39, 0.29) is 12.5 Å². The van der Waals surface area contributed by atoms with Crippen LogP contribution in [-0.4, -0.2) is 71.8 Å². The summed E-state index contributed by atoms with van der Waals surface area (Å²) in [5, 5.41) is 10.1. The minimum absolute atomic E-state index is 0.0419. The lowest BCUT2D eigenvalue weighted by Crippen LogP contribution is -2.38. The number of aromatic nitrogens is 2. The van der Waals surface area contributed by atoms with Crippen LogP contribution in [-0.2, 0) is 0 Å². The summed E-state index contributed by atoms with van der Waals surface area (Å²) in [4.78, 5) is 28.2. The predicted molar refractivity (Wildman–Crippen MR) is 118 cm³/mol. The first-order chi connectivity index (χ1) is 14.6. The Labute approximate surface area is 182 Å². The fourth-order valence-electron chi connectivity index (χ4n) is 4.23. The number of halogens is 1. The number of hydrogen-bond donors (Lipinski definition) is 1. The third-order valence-corrected chi connectivity index (χ3v) is 6.19. The van der Waals surface area contributed by atoms with E-state index in [0.717, 1.165) is 63.6 Å². The molecule has 30 heavy (non-hydrogen) atoms. The van der Waals surface area contributed by atoms with Crippen LogP contribution in [0.2, 0.25) is 5.02 Å². The van der Waals surface area contributed by atoms with Crippen LogP contribution >= 0.6 is 11.6 Å². The average molecular weight is 430 g/mol. The van der Waals surface area contributed by atoms with E-state index < -0.39 is 0 Å². The molecule has 1 amide bonds. The van der Waals surface area contributed by atoms with Gasteiger partial charge in [-0.3, -0.25) is 4.79 Å². The number of benzene rings is 1. The summed E-state index contributed by atoms with van der Waals surface area (Å²) in [5.74, 6) is 2.16. The monoisotopic (exact) mass is 429 g/mol. The number of rotatable bonds is 4. The zero-order chi connectivity index (χ0) is 20.9. The van der Waals surface area contributed by atoms with Crippen molar-refractivity contribution in [2.45, 2.75) is 19.3 Å². The quantitative estimate of drug-likeness (QED) is 0.805. The number of anilines is 2. The van der Waals surface area contributed by atoms with Gasteiger partial charge in [0.05, 0.1) is 0 Å². The van der Waals surface area contributed by atoms with Gasteiger partial charge in [0.2, 0.25) is 0 Å². The van der Waals surface area contributed by atoms with E-state index in [1.54, 1.807) is 30.6 Å². The van der Waals surface area contributed by atoms with Gasteiger partial charge in [-0.25, -0.2) is 9.97 Å². The Morgan fingerprint density at radius 3 is 2.50 bits per heavy atom. The molecule has 0 saturated carbocycles. The lowest BCUT2D eigenvalue weighted by Gasteiger charge is -2.33. The van der Waals surface area contributed by atoms with Gasteiger partial charge in [-0.05, 0) is 49.4 Å². The summed E-state index contributed by atoms with van der Waals surface area (Å²) in [7, 11) is 0. The molecule has 2 fully saturated rings. The molecule has 2 aliphatic rings. The van der Waals surface area contributed by atoms with Crippen LogP contribution < -0.4 is 9.80 Å². The van der Waals surface area contributed by atoms with Crippen molar-refractivity contribution in [1.29, 1.82) is 0 Å². The van der Waals surface area contributed by atoms with E-state index in [4.69, 9.17) is 11.6 Å². The van der Waals surface area contributed by atoms with Gasteiger partial charge >= 0.3 is 0 Å². The van der Waals surface area contributed by atoms with Crippen molar-refractivity contribution >= 4 is 29.1 Å². The predicted octanol–water partition coefficient (Wildman–Crippen LogP) is 2.69. The van der Waals surface area contributed by atoms with E-state index >= 15 is 0 Å². The largest absolute Gasteiger partial charge is 0.396 e. The summed E-state index contributed by atoms with van der Waals surface area (Å²) >= 11 is 5.94. The first kappa shape index (κ1) is 20.9. The van der Waals surface area contributed by atoms with Crippen molar-refractivity contribution in [3.8, 4) is 0 Å². The molecular formula is C22H28ClN5O2. The summed E-state index contributed by atoms with van der Waals surface area (Å²) in [6.45, 7) is 4.96. The normalized spacial score (nSPS) is 20.2. The molecule has 2 aliphatic heterocycles. The van der Waals surface area contributed by atoms with Gasteiger partial charge in [0.15, 0.2) is 0 Å². The second kappa shape index (κ2) is 9.62. The van der Waals surface area contributed by atoms with Crippen LogP contribution in [0.15, 0.2) is 36.7 Å². The Balaban J connectivity index is 1.42. The van der Waals surface area contributed by atoms with Gasteiger partial charge in [-0.1, -0.05) is 11.6 Å². The second-order valence-electron chi connectivity index (χ2n) is 8.01. The van der Waals surface area contributed by atoms with Crippen molar-refractivity contribution in [3.05, 3.63) is 47.2 Å². The number of amides is 1. The van der Waals surface area contributed by atoms with Crippen LogP contribution in [0.25, 0.3) is 0 Å². The van der Waals surface area contributed by atoms with Crippen LogP contribution in [0.4, 0.5) is 11.6 Å². The van der Waals surface area contributed by atoms with Gasteiger partial charge in [-0.2, -0.15) is 0 Å². The highest BCUT2D eigenvalue weighted by atomic mass is 35.5. The molecule has 0 aliphatic carbocycles. The Kier molecular flexibility index (Phi) is 6.69. The van der Waals surface area contributed by atoms with E-state index in [1.807, 2.05) is 11.0 Å². The summed E-state index contributed by atoms with van der Waals surface area (Å²) in [6, 6.07) is 9.10. The number of piperidine rings is 1. The van der Waals surface area contributed by atoms with Crippen molar-refractivity contribution in [3.63, 3.8) is 0 Å². The maximum atomic E-state index is 12.8. The first-order valence-corrected chi connectivity index (χ1v) is 11.0. The highest BCUT2D eigenvalue weighted by Gasteiger charge is 2.23. The van der Waals surface area contributed by atoms with Crippen LogP contribution in [0, 0.1) is 5.92 Å². The molecule has 2 saturated heterocycles. The highest BCUT2D eigenvalue weighted by Crippen LogP contribution is 2.24. The Hall–Kier alpha value is -2.38. The molecule has 0 bridgehead atoms. The van der Waals surface area contributed by atoms with Gasteiger partial charge < -0.3 is 19.8 Å². The number of hydrogen-bond acceptors (Lipinski definition) is 6. The van der Waals surface area contributed by atoms with Crippen molar-refractivity contribution in [2.75, 3.05) is 55.7 Å². The van der Waals surface area contributed by atoms with E-state index in [0.29, 0.717) is 23.0 Å². The fraction of sp³-hybridized carbons (Fsp3) is 0.500. The second-order valence-corrected chi connectivity index (χ2v) is 8.45. The topological polar surface area (TPSA) is 72.8 Å². The zero-order valence-electron chi connectivity index (χ0n) is 17.1. The number of aliphatic hydroxyl groups excluding tert-OH is 1. The molecule has 4 rings (SSSR count). The third-order valence-electron chi connectivity index (χ3n) is 5.94. The highest BCUT2D eigenvalue weighted by molar-refractivity contribution is 6.30. The molecule has 1 aromatic carbocycles. The summed E-state index contributed by atoms with van der Waals surface area (Å²) < 4.78 is 0. The Bertz CT molecular complexity index is 863. The molecular weight excluding hydrogens is 402 g/mol. The first-order valence-electron chi connectivity index (χ1n) is 10.6. The van der Waals surface area contributed by atoms with Crippen molar-refractivity contribution in [2.24, 2.45) is 5.92 Å². The minimum atomic E-state index is 0.0419. The number of carbonyl (C=O) groups is 1. The average Bonchev–Trinajstić information content (AvgIpc) is 3.06. The molecule has 3 heterocycles. The van der Waals surface area contributed by atoms with Crippen LogP contribution in [0.5, 0.6) is 0 Å². The molecule has 8 heteroatoms. The van der Waals surface area contributed by atoms with Crippen LogP contribution in [0.1, 0.15) is 29.6 Å². The molecule has 7 nitrogen and oxygen atoms in total. The molecule has 0 spiro atoms. The van der Waals surface area contributed by atoms with Crippen LogP contribution in [0.3, 0.4) is 0 Å². The lowest BCUT2D eigenvalue weighted by atomic mass is 9.99. The third kappa shape index (κ3) is 4.84. The smallest absolute Gasteiger partial charge is 0.253 e. The van der Waals surface area contributed by atoms with Gasteiger partial charge in [0.1, 0.15) is 18.0 Å². The zero-order valence-corrected chi connectivity index (χ0v) is 17.8. The molecule has 160 valence electrons. The number of nitrogens with zero attached hydrogens (tertiary/aromatic N) is 5. The molecule has 1 N–H and O–H groups in total. The van der Waals surface area contributed by atoms with Gasteiger partial charge in [0.25, 0.3) is 5.91 Å². The molecule has 1 unspecified atom stereocenters. The molecule has 0 radical (unpaired) electrons.